The van der Waals surface area contributed by atoms with Gasteiger partial charge in [-0.05, 0) is 41.0 Å². The van der Waals surface area contributed by atoms with Gasteiger partial charge in [0.05, 0.1) is 39.8 Å². The molecule has 10 nitrogen and oxygen atoms in total. The molecule has 0 aliphatic rings. The van der Waals surface area contributed by atoms with Crippen molar-refractivity contribution in [1.29, 1.82) is 0 Å². The zero-order valence-corrected chi connectivity index (χ0v) is 23.4. The lowest BCUT2D eigenvalue weighted by Gasteiger charge is -2.36. The van der Waals surface area contributed by atoms with E-state index < -0.39 is 23.0 Å². The summed E-state index contributed by atoms with van der Waals surface area (Å²) in [5.74, 6) is 1.40. The van der Waals surface area contributed by atoms with Crippen LogP contribution in [0.5, 0.6) is 11.5 Å². The summed E-state index contributed by atoms with van der Waals surface area (Å²) < 4.78 is 21.4. The molecule has 2 aromatic heterocycles. The second kappa shape index (κ2) is 11.4. The van der Waals surface area contributed by atoms with Crippen LogP contribution in [-0.2, 0) is 31.0 Å². The van der Waals surface area contributed by atoms with Gasteiger partial charge in [0.15, 0.2) is 11.2 Å². The number of nitrogens with zero attached hydrogens (tertiary/aromatic N) is 4. The second-order valence-electron chi connectivity index (χ2n) is 9.74. The second-order valence-corrected chi connectivity index (χ2v) is 9.74. The van der Waals surface area contributed by atoms with E-state index in [2.05, 4.69) is 4.98 Å². The molecule has 3 aromatic carbocycles. The van der Waals surface area contributed by atoms with Gasteiger partial charge in [0.25, 0.3) is 5.56 Å². The molecule has 0 amide bonds. The van der Waals surface area contributed by atoms with Crippen LogP contribution in [0.2, 0.25) is 0 Å². The molecule has 2 heterocycles. The van der Waals surface area contributed by atoms with Crippen molar-refractivity contribution >= 4 is 11.2 Å². The first-order chi connectivity index (χ1) is 19.8. The van der Waals surface area contributed by atoms with Crippen molar-refractivity contribution in [2.75, 3.05) is 20.8 Å². The number of hydrogen-bond acceptors (Lipinski definition) is 7. The van der Waals surface area contributed by atoms with Crippen molar-refractivity contribution in [3.05, 3.63) is 123 Å². The summed E-state index contributed by atoms with van der Waals surface area (Å²) in [4.78, 5) is 29.5. The van der Waals surface area contributed by atoms with Crippen LogP contribution in [0.4, 0.5) is 0 Å². The van der Waals surface area contributed by atoms with Gasteiger partial charge >= 0.3 is 5.69 Å². The third-order valence-corrected chi connectivity index (χ3v) is 7.29. The number of ether oxygens (including phenoxy) is 3. The maximum Gasteiger partial charge on any atom is 0.332 e. The highest BCUT2D eigenvalue weighted by Gasteiger charge is 2.38. The van der Waals surface area contributed by atoms with Crippen LogP contribution in [0.25, 0.3) is 11.2 Å². The fourth-order valence-corrected chi connectivity index (χ4v) is 5.11. The van der Waals surface area contributed by atoms with Crippen LogP contribution in [0.15, 0.2) is 94.8 Å². The van der Waals surface area contributed by atoms with E-state index in [-0.39, 0.29) is 24.3 Å². The fraction of sp³-hybridized carbons (Fsp3) is 0.258. The van der Waals surface area contributed by atoms with E-state index in [4.69, 9.17) is 14.2 Å². The highest BCUT2D eigenvalue weighted by Crippen LogP contribution is 2.41. The third kappa shape index (κ3) is 5.03. The average Bonchev–Trinajstić information content (AvgIpc) is 3.43. The van der Waals surface area contributed by atoms with Crippen LogP contribution in [0.3, 0.4) is 0 Å². The number of hydrogen-bond donors (Lipinski definition) is 1. The van der Waals surface area contributed by atoms with Crippen molar-refractivity contribution in [2.45, 2.75) is 18.2 Å². The van der Waals surface area contributed by atoms with E-state index in [9.17, 15) is 14.7 Å². The van der Waals surface area contributed by atoms with E-state index in [0.29, 0.717) is 11.5 Å². The van der Waals surface area contributed by atoms with E-state index in [1.807, 2.05) is 78.9 Å². The molecule has 0 spiro atoms. The Bertz CT molecular complexity index is 1710. The standard InChI is InChI=1S/C31H32N4O6/c1-33-28-27(29(37)34(2)30(33)38)35(20-32-28)18-24(36)19-41-31(21-8-6-5-7-9-21,22-10-14-25(39-3)15-11-22)23-12-16-26(40-4)17-13-23/h5-17,20,24,36H,18-19H2,1-4H3. The molecule has 0 aliphatic heterocycles. The number of aryl methyl sites for hydroxylation is 1. The first kappa shape index (κ1) is 27.9. The number of aliphatic hydroxyl groups is 1. The maximum absolute atomic E-state index is 12.9. The number of fused-ring (bicyclic) bond motifs is 1. The Labute approximate surface area is 236 Å². The van der Waals surface area contributed by atoms with Gasteiger partial charge in [0, 0.05) is 14.1 Å². The van der Waals surface area contributed by atoms with Crippen LogP contribution in [0.1, 0.15) is 16.7 Å². The molecule has 10 heteroatoms. The minimum Gasteiger partial charge on any atom is -0.497 e. The number of benzene rings is 3. The van der Waals surface area contributed by atoms with Gasteiger partial charge in [-0.15, -0.1) is 0 Å². The summed E-state index contributed by atoms with van der Waals surface area (Å²) in [7, 11) is 6.19. The van der Waals surface area contributed by atoms with Gasteiger partial charge in [0.2, 0.25) is 0 Å². The zero-order valence-electron chi connectivity index (χ0n) is 23.4. The normalized spacial score (nSPS) is 12.4. The topological polar surface area (TPSA) is 110 Å². The molecule has 1 atom stereocenters. The van der Waals surface area contributed by atoms with Crippen LogP contribution in [-0.4, -0.2) is 50.7 Å². The molecule has 5 rings (SSSR count). The predicted octanol–water partition coefficient (Wildman–Crippen LogP) is 2.82. The summed E-state index contributed by atoms with van der Waals surface area (Å²) >= 11 is 0. The molecule has 0 aliphatic carbocycles. The molecule has 0 saturated heterocycles. The van der Waals surface area contributed by atoms with E-state index in [1.54, 1.807) is 25.8 Å². The first-order valence-corrected chi connectivity index (χ1v) is 13.1. The maximum atomic E-state index is 12.9. The lowest BCUT2D eigenvalue weighted by Crippen LogP contribution is -2.38. The number of aromatic nitrogens is 4. The molecule has 0 radical (unpaired) electrons. The quantitative estimate of drug-likeness (QED) is 0.264. The molecule has 0 bridgehead atoms. The predicted molar refractivity (Wildman–Crippen MR) is 154 cm³/mol. The smallest absolute Gasteiger partial charge is 0.332 e. The molecular weight excluding hydrogens is 524 g/mol. The van der Waals surface area contributed by atoms with Crippen LogP contribution in [0, 0.1) is 0 Å². The van der Waals surface area contributed by atoms with Gasteiger partial charge in [-0.3, -0.25) is 13.9 Å². The Balaban J connectivity index is 1.56. The van der Waals surface area contributed by atoms with Crippen molar-refractivity contribution in [2.24, 2.45) is 14.1 Å². The van der Waals surface area contributed by atoms with Crippen LogP contribution >= 0.6 is 0 Å². The minimum absolute atomic E-state index is 0.0278. The summed E-state index contributed by atoms with van der Waals surface area (Å²) in [6, 6.07) is 25.0. The van der Waals surface area contributed by atoms with Crippen molar-refractivity contribution in [1.82, 2.24) is 18.7 Å². The number of aliphatic hydroxyl groups excluding tert-OH is 1. The van der Waals surface area contributed by atoms with Crippen molar-refractivity contribution < 1.29 is 19.3 Å². The molecule has 1 unspecified atom stereocenters. The highest BCUT2D eigenvalue weighted by molar-refractivity contribution is 5.69. The monoisotopic (exact) mass is 556 g/mol. The molecular formula is C31H32N4O6. The SMILES string of the molecule is COc1ccc(C(OCC(O)Cn2cnc3c2c(=O)n(C)c(=O)n3C)(c2ccccc2)c2ccc(OC)cc2)cc1. The Morgan fingerprint density at radius 1 is 0.805 bits per heavy atom. The molecule has 212 valence electrons. The largest absolute Gasteiger partial charge is 0.497 e. The van der Waals surface area contributed by atoms with E-state index >= 15 is 0 Å². The van der Waals surface area contributed by atoms with Crippen LogP contribution < -0.4 is 20.7 Å². The Morgan fingerprint density at radius 2 is 1.34 bits per heavy atom. The average molecular weight is 557 g/mol. The lowest BCUT2D eigenvalue weighted by molar-refractivity contribution is -0.0420. The zero-order chi connectivity index (χ0) is 29.1. The lowest BCUT2D eigenvalue weighted by atomic mass is 9.80. The van der Waals surface area contributed by atoms with Gasteiger partial charge < -0.3 is 23.9 Å². The number of imidazole rings is 1. The summed E-state index contributed by atoms with van der Waals surface area (Å²) in [5, 5.41) is 11.2. The van der Waals surface area contributed by atoms with E-state index in [1.165, 1.54) is 17.9 Å². The number of rotatable bonds is 10. The molecule has 0 fully saturated rings. The van der Waals surface area contributed by atoms with Crippen molar-refractivity contribution in [3.63, 3.8) is 0 Å². The fourth-order valence-electron chi connectivity index (χ4n) is 5.11. The molecule has 41 heavy (non-hydrogen) atoms. The van der Waals surface area contributed by atoms with Gasteiger partial charge in [-0.1, -0.05) is 54.6 Å². The van der Waals surface area contributed by atoms with Gasteiger partial charge in [0.1, 0.15) is 17.1 Å². The van der Waals surface area contributed by atoms with Crippen molar-refractivity contribution in [3.8, 4) is 11.5 Å². The Hall–Kier alpha value is -4.67. The highest BCUT2D eigenvalue weighted by atomic mass is 16.5. The molecule has 1 N–H and O–H groups in total. The van der Waals surface area contributed by atoms with Gasteiger partial charge in [-0.2, -0.15) is 0 Å². The summed E-state index contributed by atoms with van der Waals surface area (Å²) in [5.41, 5.74) is 0.955. The first-order valence-electron chi connectivity index (χ1n) is 13.1. The number of methoxy groups -OCH3 is 2. The molecule has 5 aromatic rings. The Morgan fingerprint density at radius 3 is 1.88 bits per heavy atom. The third-order valence-electron chi connectivity index (χ3n) is 7.29. The summed E-state index contributed by atoms with van der Waals surface area (Å²) in [6.45, 7) is -0.0568. The minimum atomic E-state index is -1.10. The molecule has 0 saturated carbocycles. The van der Waals surface area contributed by atoms with E-state index in [0.717, 1.165) is 21.3 Å². The van der Waals surface area contributed by atoms with Gasteiger partial charge in [-0.25, -0.2) is 9.78 Å². The summed E-state index contributed by atoms with van der Waals surface area (Å²) in [6.07, 6.45) is 0.431. The Kier molecular flexibility index (Phi) is 7.78.